The number of ether oxygens (including phenoxy) is 2. The molecule has 10 atom stereocenters. The number of fused-ring (bicyclic) bond motifs is 5. The van der Waals surface area contributed by atoms with Gasteiger partial charge in [-0.25, -0.2) is 4.39 Å². The van der Waals surface area contributed by atoms with Crippen molar-refractivity contribution >= 4 is 11.9 Å². The van der Waals surface area contributed by atoms with Crippen LogP contribution in [-0.4, -0.2) is 29.8 Å². The van der Waals surface area contributed by atoms with Crippen LogP contribution in [-0.2, 0) is 19.1 Å². The first kappa shape index (κ1) is 27.9. The van der Waals surface area contributed by atoms with E-state index < -0.39 is 29.3 Å². The maximum atomic E-state index is 17.3. The third-order valence-corrected chi connectivity index (χ3v) is 11.6. The van der Waals surface area contributed by atoms with Crippen LogP contribution in [0.5, 0.6) is 0 Å². The molecule has 4 aliphatic carbocycles. The van der Waals surface area contributed by atoms with E-state index in [0.29, 0.717) is 42.4 Å². The van der Waals surface area contributed by atoms with Crippen molar-refractivity contribution < 1.29 is 23.5 Å². The molecule has 0 N–H and O–H groups in total. The molecule has 0 aromatic rings. The fourth-order valence-electron chi connectivity index (χ4n) is 9.87. The number of hydrogen-bond donors (Lipinski definition) is 0. The highest BCUT2D eigenvalue weighted by Gasteiger charge is 2.70. The van der Waals surface area contributed by atoms with Gasteiger partial charge in [0.25, 0.3) is 0 Å². The zero-order valence-corrected chi connectivity index (χ0v) is 23.9. The third-order valence-electron chi connectivity index (χ3n) is 11.6. The minimum atomic E-state index is -1.66. The Balaban J connectivity index is 1.59. The lowest BCUT2D eigenvalue weighted by molar-refractivity contribution is -0.243. The van der Waals surface area contributed by atoms with E-state index in [0.717, 1.165) is 24.2 Å². The van der Waals surface area contributed by atoms with Gasteiger partial charge in [0, 0.05) is 25.7 Å². The molecule has 4 fully saturated rings. The summed E-state index contributed by atoms with van der Waals surface area (Å²) in [6.45, 7) is 14.5. The Bertz CT molecular complexity index is 827. The minimum absolute atomic E-state index is 0.141. The number of esters is 2. The van der Waals surface area contributed by atoms with Gasteiger partial charge in [-0.05, 0) is 85.9 Å². The predicted octanol–water partition coefficient (Wildman–Crippen LogP) is 7.67. The summed E-state index contributed by atoms with van der Waals surface area (Å²) >= 11 is 0. The summed E-state index contributed by atoms with van der Waals surface area (Å²) in [5.41, 5.74) is -1.93. The van der Waals surface area contributed by atoms with Crippen molar-refractivity contribution in [3.63, 3.8) is 0 Å². The van der Waals surface area contributed by atoms with Crippen LogP contribution < -0.4 is 0 Å². The molecule has 36 heavy (non-hydrogen) atoms. The number of carbonyl (C=O) groups is 2. The summed E-state index contributed by atoms with van der Waals surface area (Å²) in [4.78, 5) is 23.8. The van der Waals surface area contributed by atoms with Crippen molar-refractivity contribution in [2.24, 2.45) is 46.3 Å². The lowest BCUT2D eigenvalue weighted by atomic mass is 9.42. The van der Waals surface area contributed by atoms with E-state index in [-0.39, 0.29) is 12.4 Å². The standard InChI is InChI=1S/C31H51FO4/c1-19(2)9-8-10-20(3)25-11-12-26-24-17-28(36-22(5)34)31(32)18-23(35-21(4)33)13-16-30(31,7)27(24)14-15-29(25,26)6/h19-20,23-28H,8-18H2,1-7H3/t20-,23-,24-,25-,26-,27-,28-,29+,30-,31+/m1/s1. The topological polar surface area (TPSA) is 52.6 Å². The highest BCUT2D eigenvalue weighted by molar-refractivity contribution is 5.66. The van der Waals surface area contributed by atoms with Crippen LogP contribution in [0.25, 0.3) is 0 Å². The molecule has 4 saturated carbocycles. The van der Waals surface area contributed by atoms with Gasteiger partial charge in [0.15, 0.2) is 5.67 Å². The maximum absolute atomic E-state index is 17.3. The summed E-state index contributed by atoms with van der Waals surface area (Å²) in [7, 11) is 0. The van der Waals surface area contributed by atoms with Crippen LogP contribution in [0.15, 0.2) is 0 Å². The number of rotatable bonds is 7. The zero-order chi connectivity index (χ0) is 26.5. The highest BCUT2D eigenvalue weighted by Crippen LogP contribution is 2.70. The Kier molecular flexibility index (Phi) is 7.91. The van der Waals surface area contributed by atoms with Gasteiger partial charge in [0.05, 0.1) is 0 Å². The van der Waals surface area contributed by atoms with Gasteiger partial charge in [-0.15, -0.1) is 0 Å². The summed E-state index contributed by atoms with van der Waals surface area (Å²) in [6, 6.07) is 0. The van der Waals surface area contributed by atoms with Crippen LogP contribution in [0.4, 0.5) is 4.39 Å². The normalized spacial score (nSPS) is 44.8. The van der Waals surface area contributed by atoms with E-state index in [1.165, 1.54) is 52.4 Å². The second kappa shape index (κ2) is 10.2. The Labute approximate surface area is 218 Å². The molecule has 0 aliphatic heterocycles. The second-order valence-corrected chi connectivity index (χ2v) is 14.0. The Morgan fingerprint density at radius 3 is 2.25 bits per heavy atom. The lowest BCUT2D eigenvalue weighted by Gasteiger charge is -2.64. The van der Waals surface area contributed by atoms with E-state index in [2.05, 4.69) is 34.6 Å². The van der Waals surface area contributed by atoms with Crippen LogP contribution in [0, 0.1) is 46.3 Å². The van der Waals surface area contributed by atoms with Gasteiger partial charge in [-0.2, -0.15) is 0 Å². The van der Waals surface area contributed by atoms with Crippen molar-refractivity contribution in [1.29, 1.82) is 0 Å². The monoisotopic (exact) mass is 506 g/mol. The van der Waals surface area contributed by atoms with Gasteiger partial charge in [0.1, 0.15) is 12.2 Å². The van der Waals surface area contributed by atoms with Crippen molar-refractivity contribution in [1.82, 2.24) is 0 Å². The van der Waals surface area contributed by atoms with E-state index >= 15 is 4.39 Å². The quantitative estimate of drug-likeness (QED) is 0.332. The zero-order valence-electron chi connectivity index (χ0n) is 23.9. The average molecular weight is 507 g/mol. The molecule has 0 radical (unpaired) electrons. The molecule has 0 saturated heterocycles. The van der Waals surface area contributed by atoms with Gasteiger partial charge in [0.2, 0.25) is 0 Å². The first-order valence-electron chi connectivity index (χ1n) is 14.8. The molecule has 4 rings (SSSR count). The predicted molar refractivity (Wildman–Crippen MR) is 140 cm³/mol. The van der Waals surface area contributed by atoms with Crippen LogP contribution >= 0.6 is 0 Å². The van der Waals surface area contributed by atoms with Crippen molar-refractivity contribution in [3.8, 4) is 0 Å². The SMILES string of the molecule is CC(=O)O[C@@H]1CC[C@]2(C)[C@@H]3CC[C@]4(C)[C@H](CC[C@@H]4[C@H](C)CCCC(C)C)[C@H]3C[C@@H](OC(C)=O)[C@@]2(F)C1. The molecule has 0 aromatic heterocycles. The first-order valence-corrected chi connectivity index (χ1v) is 14.8. The summed E-state index contributed by atoms with van der Waals surface area (Å²) in [5.74, 6) is 2.69. The molecule has 0 aromatic carbocycles. The molecule has 0 bridgehead atoms. The van der Waals surface area contributed by atoms with Crippen LogP contribution in [0.1, 0.15) is 119 Å². The molecule has 0 heterocycles. The summed E-state index contributed by atoms with van der Waals surface area (Å²) < 4.78 is 28.6. The van der Waals surface area contributed by atoms with Crippen LogP contribution in [0.3, 0.4) is 0 Å². The fraction of sp³-hybridized carbons (Fsp3) is 0.935. The van der Waals surface area contributed by atoms with E-state index in [1.807, 2.05) is 0 Å². The second-order valence-electron chi connectivity index (χ2n) is 14.0. The Morgan fingerprint density at radius 2 is 1.61 bits per heavy atom. The smallest absolute Gasteiger partial charge is 0.303 e. The summed E-state index contributed by atoms with van der Waals surface area (Å²) in [6.07, 6.45) is 9.56. The Morgan fingerprint density at radius 1 is 0.917 bits per heavy atom. The van der Waals surface area contributed by atoms with Crippen LogP contribution in [0.2, 0.25) is 0 Å². The van der Waals surface area contributed by atoms with E-state index in [4.69, 9.17) is 9.47 Å². The number of carbonyl (C=O) groups excluding carboxylic acids is 2. The molecule has 4 nitrogen and oxygen atoms in total. The van der Waals surface area contributed by atoms with Gasteiger partial charge >= 0.3 is 11.9 Å². The number of halogens is 1. The molecule has 0 unspecified atom stereocenters. The molecular formula is C31H51FO4. The number of alkyl halides is 1. The van der Waals surface area contributed by atoms with Gasteiger partial charge < -0.3 is 9.47 Å². The third kappa shape index (κ3) is 4.75. The maximum Gasteiger partial charge on any atom is 0.303 e. The van der Waals surface area contributed by atoms with E-state index in [1.54, 1.807) is 0 Å². The minimum Gasteiger partial charge on any atom is -0.462 e. The van der Waals surface area contributed by atoms with Crippen molar-refractivity contribution in [2.75, 3.05) is 0 Å². The summed E-state index contributed by atoms with van der Waals surface area (Å²) in [5, 5.41) is 0. The number of hydrogen-bond acceptors (Lipinski definition) is 4. The first-order chi connectivity index (χ1) is 16.8. The lowest BCUT2D eigenvalue weighted by Crippen LogP contribution is -2.67. The molecule has 0 amide bonds. The van der Waals surface area contributed by atoms with Crippen molar-refractivity contribution in [2.45, 2.75) is 137 Å². The van der Waals surface area contributed by atoms with E-state index in [9.17, 15) is 9.59 Å². The Hall–Kier alpha value is -1.13. The molecule has 0 spiro atoms. The van der Waals surface area contributed by atoms with Gasteiger partial charge in [-0.1, -0.05) is 53.9 Å². The molecule has 4 aliphatic rings. The molecule has 5 heteroatoms. The largest absolute Gasteiger partial charge is 0.462 e. The van der Waals surface area contributed by atoms with Gasteiger partial charge in [-0.3, -0.25) is 9.59 Å². The fourth-order valence-corrected chi connectivity index (χ4v) is 9.87. The average Bonchev–Trinajstić information content (AvgIpc) is 3.12. The van der Waals surface area contributed by atoms with Crippen molar-refractivity contribution in [3.05, 3.63) is 0 Å². The molecule has 206 valence electrons. The highest BCUT2D eigenvalue weighted by atomic mass is 19.1. The molecular weight excluding hydrogens is 455 g/mol.